The average Bonchev–Trinajstić information content (AvgIpc) is 2.51. The maximum absolute atomic E-state index is 11.2. The van der Waals surface area contributed by atoms with Gasteiger partial charge in [-0.2, -0.15) is 0 Å². The summed E-state index contributed by atoms with van der Waals surface area (Å²) < 4.78 is 22.5. The van der Waals surface area contributed by atoms with Crippen LogP contribution in [0.4, 0.5) is 0 Å². The van der Waals surface area contributed by atoms with Crippen LogP contribution in [-0.2, 0) is 9.84 Å². The Kier molecular flexibility index (Phi) is 11.3. The van der Waals surface area contributed by atoms with Crippen LogP contribution in [0.15, 0.2) is 35.3 Å². The van der Waals surface area contributed by atoms with Gasteiger partial charge in [0.15, 0.2) is 5.96 Å². The van der Waals surface area contributed by atoms with E-state index in [-0.39, 0.29) is 35.8 Å². The van der Waals surface area contributed by atoms with Crippen LogP contribution in [0.25, 0.3) is 0 Å². The molecule has 0 aliphatic carbocycles. The second-order valence-corrected chi connectivity index (χ2v) is 8.26. The molecule has 0 radical (unpaired) electrons. The van der Waals surface area contributed by atoms with Crippen molar-refractivity contribution in [2.45, 2.75) is 39.2 Å². The zero-order valence-corrected chi connectivity index (χ0v) is 18.1. The molecule has 1 rings (SSSR count). The Morgan fingerprint density at radius 1 is 1.21 bits per heavy atom. The number of hydrogen-bond acceptors (Lipinski definition) is 3. The third-order valence-corrected chi connectivity index (χ3v) is 4.52. The first-order chi connectivity index (χ1) is 10.8. The van der Waals surface area contributed by atoms with Crippen LogP contribution in [0.2, 0.25) is 0 Å². The van der Waals surface area contributed by atoms with Gasteiger partial charge in [-0.25, -0.2) is 8.42 Å². The minimum absolute atomic E-state index is 0. The highest BCUT2D eigenvalue weighted by molar-refractivity contribution is 14.0. The predicted octanol–water partition coefficient (Wildman–Crippen LogP) is 2.79. The van der Waals surface area contributed by atoms with Crippen molar-refractivity contribution < 1.29 is 8.42 Å². The second kappa shape index (κ2) is 11.7. The molecule has 0 amide bonds. The third-order valence-electron chi connectivity index (χ3n) is 3.54. The summed E-state index contributed by atoms with van der Waals surface area (Å²) in [4.78, 5) is 4.62. The SMILES string of the molecule is CCNC(=NCC(C)c1ccccc1)NC(C)CCS(C)(=O)=O.I. The van der Waals surface area contributed by atoms with E-state index >= 15 is 0 Å². The lowest BCUT2D eigenvalue weighted by Crippen LogP contribution is -2.43. The van der Waals surface area contributed by atoms with Gasteiger partial charge in [-0.15, -0.1) is 24.0 Å². The minimum Gasteiger partial charge on any atom is -0.357 e. The number of halogens is 1. The summed E-state index contributed by atoms with van der Waals surface area (Å²) in [5.41, 5.74) is 1.26. The molecule has 2 unspecified atom stereocenters. The molecule has 0 fully saturated rings. The Labute approximate surface area is 163 Å². The summed E-state index contributed by atoms with van der Waals surface area (Å²) in [5, 5.41) is 6.48. The van der Waals surface area contributed by atoms with E-state index in [4.69, 9.17) is 0 Å². The molecular weight excluding hydrogens is 437 g/mol. The molecule has 24 heavy (non-hydrogen) atoms. The Hall–Kier alpha value is -0.830. The van der Waals surface area contributed by atoms with Gasteiger partial charge in [0, 0.05) is 31.3 Å². The summed E-state index contributed by atoms with van der Waals surface area (Å²) in [5.74, 6) is 1.25. The number of benzene rings is 1. The number of nitrogens with one attached hydrogen (secondary N) is 2. The van der Waals surface area contributed by atoms with E-state index in [9.17, 15) is 8.42 Å². The second-order valence-electron chi connectivity index (χ2n) is 6.00. The summed E-state index contributed by atoms with van der Waals surface area (Å²) in [6.45, 7) is 7.58. The summed E-state index contributed by atoms with van der Waals surface area (Å²) in [7, 11) is -2.93. The first kappa shape index (κ1) is 23.2. The number of guanidine groups is 1. The minimum atomic E-state index is -2.93. The fourth-order valence-electron chi connectivity index (χ4n) is 2.13. The van der Waals surface area contributed by atoms with Crippen LogP contribution in [-0.4, -0.2) is 45.5 Å². The van der Waals surface area contributed by atoms with E-state index in [2.05, 4.69) is 34.7 Å². The molecule has 138 valence electrons. The zero-order valence-electron chi connectivity index (χ0n) is 15.0. The molecule has 0 spiro atoms. The van der Waals surface area contributed by atoms with Crippen molar-refractivity contribution >= 4 is 39.8 Å². The van der Waals surface area contributed by atoms with Gasteiger partial charge in [-0.3, -0.25) is 4.99 Å². The molecule has 0 bridgehead atoms. The molecule has 1 aromatic rings. The van der Waals surface area contributed by atoms with Crippen LogP contribution in [0, 0.1) is 0 Å². The van der Waals surface area contributed by atoms with Gasteiger partial charge in [0.05, 0.1) is 5.75 Å². The van der Waals surface area contributed by atoms with E-state index in [1.807, 2.05) is 32.0 Å². The van der Waals surface area contributed by atoms with E-state index in [1.165, 1.54) is 11.8 Å². The van der Waals surface area contributed by atoms with Gasteiger partial charge in [0.2, 0.25) is 0 Å². The van der Waals surface area contributed by atoms with Crippen molar-refractivity contribution in [1.82, 2.24) is 10.6 Å². The molecule has 0 heterocycles. The Morgan fingerprint density at radius 2 is 1.83 bits per heavy atom. The monoisotopic (exact) mass is 467 g/mol. The standard InChI is InChI=1S/C17H29N3O2S.HI/c1-5-18-17(20-15(3)11-12-23(4,21)22)19-13-14(2)16-9-7-6-8-10-16;/h6-10,14-15H,5,11-13H2,1-4H3,(H2,18,19,20);1H. The molecule has 0 aliphatic heterocycles. The molecule has 0 aliphatic rings. The van der Waals surface area contributed by atoms with Gasteiger partial charge in [0.25, 0.3) is 0 Å². The zero-order chi connectivity index (χ0) is 17.3. The van der Waals surface area contributed by atoms with Gasteiger partial charge in [0.1, 0.15) is 9.84 Å². The van der Waals surface area contributed by atoms with E-state index in [0.717, 1.165) is 12.5 Å². The Bertz CT molecular complexity index is 591. The lowest BCUT2D eigenvalue weighted by molar-refractivity contribution is 0.581. The normalized spacial score (nSPS) is 14.4. The number of rotatable bonds is 8. The van der Waals surface area contributed by atoms with Crippen LogP contribution in [0.1, 0.15) is 38.7 Å². The Balaban J connectivity index is 0.00000529. The highest BCUT2D eigenvalue weighted by Crippen LogP contribution is 2.14. The predicted molar refractivity (Wildman–Crippen MR) is 113 cm³/mol. The van der Waals surface area contributed by atoms with Crippen molar-refractivity contribution in [1.29, 1.82) is 0 Å². The van der Waals surface area contributed by atoms with Gasteiger partial charge in [-0.1, -0.05) is 37.3 Å². The van der Waals surface area contributed by atoms with Crippen molar-refractivity contribution in [3.8, 4) is 0 Å². The lowest BCUT2D eigenvalue weighted by atomic mass is 10.0. The summed E-state index contributed by atoms with van der Waals surface area (Å²) in [6.07, 6.45) is 1.83. The molecule has 5 nitrogen and oxygen atoms in total. The first-order valence-electron chi connectivity index (χ1n) is 8.09. The van der Waals surface area contributed by atoms with Crippen molar-refractivity contribution in [2.75, 3.05) is 25.1 Å². The van der Waals surface area contributed by atoms with Gasteiger partial charge < -0.3 is 10.6 Å². The summed E-state index contributed by atoms with van der Waals surface area (Å²) >= 11 is 0. The van der Waals surface area contributed by atoms with Crippen LogP contribution in [0.5, 0.6) is 0 Å². The summed E-state index contributed by atoms with van der Waals surface area (Å²) in [6, 6.07) is 10.3. The van der Waals surface area contributed by atoms with Crippen molar-refractivity contribution in [2.24, 2.45) is 4.99 Å². The molecule has 2 atom stereocenters. The van der Waals surface area contributed by atoms with E-state index < -0.39 is 9.84 Å². The van der Waals surface area contributed by atoms with Crippen LogP contribution < -0.4 is 10.6 Å². The molecule has 2 N–H and O–H groups in total. The number of hydrogen-bond donors (Lipinski definition) is 2. The highest BCUT2D eigenvalue weighted by Gasteiger charge is 2.10. The van der Waals surface area contributed by atoms with Crippen LogP contribution in [0.3, 0.4) is 0 Å². The van der Waals surface area contributed by atoms with Gasteiger partial charge in [-0.05, 0) is 25.8 Å². The third kappa shape index (κ3) is 10.1. The number of sulfone groups is 1. The van der Waals surface area contributed by atoms with Gasteiger partial charge >= 0.3 is 0 Å². The first-order valence-corrected chi connectivity index (χ1v) is 10.2. The molecule has 7 heteroatoms. The fraction of sp³-hybridized carbons (Fsp3) is 0.588. The topological polar surface area (TPSA) is 70.6 Å². The van der Waals surface area contributed by atoms with Crippen LogP contribution >= 0.6 is 24.0 Å². The maximum atomic E-state index is 11.2. The molecule has 0 saturated carbocycles. The van der Waals surface area contributed by atoms with Crippen molar-refractivity contribution in [3.05, 3.63) is 35.9 Å². The molecule has 1 aromatic carbocycles. The average molecular weight is 467 g/mol. The smallest absolute Gasteiger partial charge is 0.191 e. The number of nitrogens with zero attached hydrogens (tertiary/aromatic N) is 1. The largest absolute Gasteiger partial charge is 0.357 e. The molecular formula is C17H30IN3O2S. The quantitative estimate of drug-likeness (QED) is 0.351. The molecule has 0 aromatic heterocycles. The molecule has 0 saturated heterocycles. The highest BCUT2D eigenvalue weighted by atomic mass is 127. The number of aliphatic imine (C=N–C) groups is 1. The van der Waals surface area contributed by atoms with Crippen molar-refractivity contribution in [3.63, 3.8) is 0 Å². The maximum Gasteiger partial charge on any atom is 0.191 e. The van der Waals surface area contributed by atoms with E-state index in [0.29, 0.717) is 18.9 Å². The van der Waals surface area contributed by atoms with E-state index in [1.54, 1.807) is 0 Å². The lowest BCUT2D eigenvalue weighted by Gasteiger charge is -2.18. The fourth-order valence-corrected chi connectivity index (χ4v) is 2.91. The Morgan fingerprint density at radius 3 is 2.38 bits per heavy atom.